The Labute approximate surface area is 147 Å². The molecule has 0 aromatic carbocycles. The molecule has 0 aliphatic heterocycles. The maximum absolute atomic E-state index is 12.4. The summed E-state index contributed by atoms with van der Waals surface area (Å²) < 4.78 is 1.66. The van der Waals surface area contributed by atoms with E-state index < -0.39 is 6.10 Å². The van der Waals surface area contributed by atoms with Crippen LogP contribution in [0.15, 0.2) is 4.79 Å². The zero-order valence-electron chi connectivity index (χ0n) is 15.6. The van der Waals surface area contributed by atoms with Gasteiger partial charge in [-0.05, 0) is 31.7 Å². The van der Waals surface area contributed by atoms with Gasteiger partial charge in [0.05, 0.1) is 11.8 Å². The van der Waals surface area contributed by atoms with Crippen LogP contribution in [0.5, 0.6) is 0 Å². The van der Waals surface area contributed by atoms with Crippen molar-refractivity contribution in [1.82, 2.24) is 20.1 Å². The average Bonchev–Trinajstić information content (AvgIpc) is 2.85. The number of aliphatic hydroxyl groups is 1. The summed E-state index contributed by atoms with van der Waals surface area (Å²) in [5.74, 6) is -0.0227. The van der Waals surface area contributed by atoms with Gasteiger partial charge in [-0.15, -0.1) is 0 Å². The zero-order valence-corrected chi connectivity index (χ0v) is 15.6. The fourth-order valence-electron chi connectivity index (χ4n) is 3.07. The number of hydrogen-bond acceptors (Lipinski definition) is 4. The summed E-state index contributed by atoms with van der Waals surface area (Å²) in [5, 5.41) is 17.9. The predicted molar refractivity (Wildman–Crippen MR) is 97.6 cm³/mol. The molecular formula is C18H28N4O3. The molecule has 0 bridgehead atoms. The molecule has 0 aliphatic carbocycles. The van der Waals surface area contributed by atoms with Crippen molar-refractivity contribution in [2.45, 2.75) is 53.1 Å². The lowest BCUT2D eigenvalue weighted by atomic mass is 10.0. The Morgan fingerprint density at radius 2 is 2.08 bits per heavy atom. The smallest absolute Gasteiger partial charge is 0.253 e. The van der Waals surface area contributed by atoms with Gasteiger partial charge in [0.15, 0.2) is 0 Å². The van der Waals surface area contributed by atoms with E-state index in [0.717, 1.165) is 23.1 Å². The van der Waals surface area contributed by atoms with Crippen LogP contribution in [0.25, 0.3) is 11.0 Å². The molecule has 0 spiro atoms. The van der Waals surface area contributed by atoms with E-state index in [9.17, 15) is 14.7 Å². The average molecular weight is 348 g/mol. The van der Waals surface area contributed by atoms with Gasteiger partial charge in [-0.2, -0.15) is 5.10 Å². The first-order valence-corrected chi connectivity index (χ1v) is 8.76. The van der Waals surface area contributed by atoms with Gasteiger partial charge >= 0.3 is 0 Å². The van der Waals surface area contributed by atoms with E-state index in [1.807, 2.05) is 27.7 Å². The second kappa shape index (κ2) is 7.82. The second-order valence-electron chi connectivity index (χ2n) is 6.75. The Balaban J connectivity index is 2.07. The van der Waals surface area contributed by atoms with Crippen LogP contribution in [0.4, 0.5) is 0 Å². The topological polar surface area (TPSA) is 100 Å². The van der Waals surface area contributed by atoms with Crippen molar-refractivity contribution >= 4 is 16.9 Å². The molecule has 138 valence electrons. The highest BCUT2D eigenvalue weighted by atomic mass is 16.3. The molecule has 0 saturated carbocycles. The summed E-state index contributed by atoms with van der Waals surface area (Å²) in [4.78, 5) is 27.2. The van der Waals surface area contributed by atoms with Crippen molar-refractivity contribution in [3.05, 3.63) is 27.2 Å². The summed E-state index contributed by atoms with van der Waals surface area (Å²) in [5.41, 5.74) is 2.86. The molecule has 0 saturated heterocycles. The fourth-order valence-corrected chi connectivity index (χ4v) is 3.07. The third kappa shape index (κ3) is 4.10. The number of amides is 1. The highest BCUT2D eigenvalue weighted by Gasteiger charge is 2.17. The zero-order chi connectivity index (χ0) is 18.7. The molecule has 2 rings (SSSR count). The van der Waals surface area contributed by atoms with Crippen molar-refractivity contribution in [2.75, 3.05) is 6.54 Å². The first-order valence-electron chi connectivity index (χ1n) is 8.76. The molecule has 7 nitrogen and oxygen atoms in total. The van der Waals surface area contributed by atoms with Gasteiger partial charge in [0.1, 0.15) is 5.65 Å². The van der Waals surface area contributed by atoms with Gasteiger partial charge in [0.2, 0.25) is 5.91 Å². The summed E-state index contributed by atoms with van der Waals surface area (Å²) in [6.45, 7) is 7.99. The number of nitrogens with zero attached hydrogens (tertiary/aromatic N) is 2. The number of carbonyl (C=O) groups is 1. The number of aromatic nitrogens is 3. The summed E-state index contributed by atoms with van der Waals surface area (Å²) in [6.07, 6.45) is 0.878. The van der Waals surface area contributed by atoms with Crippen LogP contribution < -0.4 is 10.9 Å². The van der Waals surface area contributed by atoms with E-state index in [0.29, 0.717) is 17.6 Å². The minimum absolute atomic E-state index is 0.140. The van der Waals surface area contributed by atoms with Crippen molar-refractivity contribution in [3.63, 3.8) is 0 Å². The molecule has 2 atom stereocenters. The summed E-state index contributed by atoms with van der Waals surface area (Å²) in [6, 6.07) is 0. The standard InChI is InChI=1S/C18H28N4O3/c1-6-10(2)14(23)9-19-15(24)8-7-13-11(3)16-12(4)21-22(5)17(16)20-18(13)25/h10,14,23H,6-9H2,1-5H3,(H,19,24)(H,20,25). The molecule has 25 heavy (non-hydrogen) atoms. The number of nitrogens with one attached hydrogen (secondary N) is 2. The number of aliphatic hydroxyl groups excluding tert-OH is 1. The number of carbonyl (C=O) groups excluding carboxylic acids is 1. The van der Waals surface area contributed by atoms with Crippen molar-refractivity contribution in [3.8, 4) is 0 Å². The van der Waals surface area contributed by atoms with Gasteiger partial charge in [-0.3, -0.25) is 14.3 Å². The van der Waals surface area contributed by atoms with Gasteiger partial charge in [-0.25, -0.2) is 0 Å². The second-order valence-corrected chi connectivity index (χ2v) is 6.75. The normalized spacial score (nSPS) is 13.8. The first-order chi connectivity index (χ1) is 11.8. The highest BCUT2D eigenvalue weighted by molar-refractivity contribution is 5.83. The lowest BCUT2D eigenvalue weighted by Gasteiger charge is -2.17. The molecule has 2 unspecified atom stereocenters. The third-order valence-corrected chi connectivity index (χ3v) is 4.97. The van der Waals surface area contributed by atoms with Crippen molar-refractivity contribution in [2.24, 2.45) is 13.0 Å². The maximum atomic E-state index is 12.4. The van der Waals surface area contributed by atoms with Crippen LogP contribution >= 0.6 is 0 Å². The highest BCUT2D eigenvalue weighted by Crippen LogP contribution is 2.21. The number of H-pyrrole nitrogens is 1. The Bertz CT molecular complexity index is 822. The van der Waals surface area contributed by atoms with Gasteiger partial charge < -0.3 is 15.4 Å². The molecule has 0 aliphatic rings. The Morgan fingerprint density at radius 3 is 2.72 bits per heavy atom. The monoisotopic (exact) mass is 348 g/mol. The van der Waals surface area contributed by atoms with E-state index in [1.54, 1.807) is 11.7 Å². The number of hydrogen-bond donors (Lipinski definition) is 3. The molecule has 2 aromatic heterocycles. The SMILES string of the molecule is CCC(C)C(O)CNC(=O)CCc1c(C)c2c(C)nn(C)c2[nH]c1=O. The van der Waals surface area contributed by atoms with Crippen molar-refractivity contribution < 1.29 is 9.90 Å². The van der Waals surface area contributed by atoms with Gasteiger partial charge in [0, 0.05) is 31.0 Å². The van der Waals surface area contributed by atoms with Crippen LogP contribution in [0.3, 0.4) is 0 Å². The Morgan fingerprint density at radius 1 is 1.40 bits per heavy atom. The van der Waals surface area contributed by atoms with Gasteiger partial charge in [-0.1, -0.05) is 20.3 Å². The number of aryl methyl sites for hydroxylation is 3. The third-order valence-electron chi connectivity index (χ3n) is 4.97. The van der Waals surface area contributed by atoms with Crippen LogP contribution in [-0.2, 0) is 18.3 Å². The summed E-state index contributed by atoms with van der Waals surface area (Å²) in [7, 11) is 1.79. The molecule has 0 radical (unpaired) electrons. The lowest BCUT2D eigenvalue weighted by Crippen LogP contribution is -2.35. The minimum Gasteiger partial charge on any atom is -0.391 e. The number of rotatable bonds is 7. The molecular weight excluding hydrogens is 320 g/mol. The molecule has 7 heteroatoms. The Hall–Kier alpha value is -2.15. The van der Waals surface area contributed by atoms with E-state index >= 15 is 0 Å². The molecule has 1 amide bonds. The van der Waals surface area contributed by atoms with Crippen LogP contribution in [-0.4, -0.2) is 38.4 Å². The largest absolute Gasteiger partial charge is 0.391 e. The van der Waals surface area contributed by atoms with Gasteiger partial charge in [0.25, 0.3) is 5.56 Å². The first kappa shape index (κ1) is 19.2. The fraction of sp³-hybridized carbons (Fsp3) is 0.611. The molecule has 0 fully saturated rings. The van der Waals surface area contributed by atoms with E-state index in [1.165, 1.54) is 0 Å². The van der Waals surface area contributed by atoms with Crippen LogP contribution in [0.1, 0.15) is 43.5 Å². The molecule has 2 aromatic rings. The minimum atomic E-state index is -0.548. The quantitative estimate of drug-likeness (QED) is 0.703. The number of fused-ring (bicyclic) bond motifs is 1. The van der Waals surface area contributed by atoms with E-state index in [4.69, 9.17) is 0 Å². The van der Waals surface area contributed by atoms with Crippen molar-refractivity contribution in [1.29, 1.82) is 0 Å². The van der Waals surface area contributed by atoms with Crippen LogP contribution in [0, 0.1) is 19.8 Å². The number of aromatic amines is 1. The van der Waals surface area contributed by atoms with E-state index in [-0.39, 0.29) is 30.3 Å². The number of pyridine rings is 1. The lowest BCUT2D eigenvalue weighted by molar-refractivity contribution is -0.121. The Kier molecular flexibility index (Phi) is 6.00. The van der Waals surface area contributed by atoms with Crippen LogP contribution in [0.2, 0.25) is 0 Å². The molecule has 3 N–H and O–H groups in total. The van der Waals surface area contributed by atoms with E-state index in [2.05, 4.69) is 15.4 Å². The molecule has 2 heterocycles. The maximum Gasteiger partial charge on any atom is 0.253 e. The predicted octanol–water partition coefficient (Wildman–Crippen LogP) is 1.33. The summed E-state index contributed by atoms with van der Waals surface area (Å²) >= 11 is 0.